The van der Waals surface area contributed by atoms with Crippen LogP contribution in [0.1, 0.15) is 13.3 Å². The lowest BCUT2D eigenvalue weighted by Gasteiger charge is -2.40. The molecule has 2 heterocycles. The molecule has 2 fully saturated rings. The zero-order valence-electron chi connectivity index (χ0n) is 8.77. The molecule has 0 bridgehead atoms. The minimum atomic E-state index is 0.186. The molecule has 0 amide bonds. The molecular formula is C9H20N4. The molecule has 2 aliphatic heterocycles. The van der Waals surface area contributed by atoms with Gasteiger partial charge in [-0.25, -0.2) is 10.0 Å². The first kappa shape index (κ1) is 9.40. The van der Waals surface area contributed by atoms with E-state index in [4.69, 9.17) is 5.73 Å². The highest BCUT2D eigenvalue weighted by Gasteiger charge is 2.44. The molecule has 0 aromatic carbocycles. The highest BCUT2D eigenvalue weighted by Crippen LogP contribution is 2.30. The molecule has 2 N–H and O–H groups in total. The third kappa shape index (κ3) is 1.29. The van der Waals surface area contributed by atoms with Crippen molar-refractivity contribution in [2.24, 2.45) is 11.7 Å². The maximum atomic E-state index is 6.10. The molecule has 4 heteroatoms. The van der Waals surface area contributed by atoms with Gasteiger partial charge in [-0.05, 0) is 13.5 Å². The van der Waals surface area contributed by atoms with Gasteiger partial charge in [0.2, 0.25) is 0 Å². The fourth-order valence-electron chi connectivity index (χ4n) is 2.68. The first-order valence-electron chi connectivity index (χ1n) is 5.08. The van der Waals surface area contributed by atoms with Crippen molar-refractivity contribution in [2.75, 3.05) is 27.2 Å². The molecule has 3 atom stereocenters. The van der Waals surface area contributed by atoms with E-state index in [9.17, 15) is 0 Å². The smallest absolute Gasteiger partial charge is 0.0812 e. The number of nitrogens with two attached hydrogens (primary N) is 1. The van der Waals surface area contributed by atoms with Gasteiger partial charge in [-0.15, -0.1) is 0 Å². The van der Waals surface area contributed by atoms with E-state index in [0.717, 1.165) is 6.54 Å². The Bertz CT molecular complexity index is 196. The first-order chi connectivity index (χ1) is 6.13. The van der Waals surface area contributed by atoms with Crippen molar-refractivity contribution in [3.05, 3.63) is 0 Å². The van der Waals surface area contributed by atoms with Gasteiger partial charge in [-0.2, -0.15) is 0 Å². The number of fused-ring (bicyclic) bond motifs is 1. The fraction of sp³-hybridized carbons (Fsp3) is 1.00. The van der Waals surface area contributed by atoms with Crippen molar-refractivity contribution < 1.29 is 0 Å². The Balaban J connectivity index is 2.19. The van der Waals surface area contributed by atoms with Crippen LogP contribution in [0.3, 0.4) is 0 Å². The zero-order chi connectivity index (χ0) is 9.59. The summed E-state index contributed by atoms with van der Waals surface area (Å²) in [7, 11) is 4.29. The average molecular weight is 184 g/mol. The normalized spacial score (nSPS) is 43.8. The van der Waals surface area contributed by atoms with Crippen LogP contribution in [-0.4, -0.2) is 54.4 Å². The third-order valence-electron chi connectivity index (χ3n) is 3.50. The summed E-state index contributed by atoms with van der Waals surface area (Å²) in [5, 5.41) is 4.60. The van der Waals surface area contributed by atoms with Gasteiger partial charge in [-0.1, -0.05) is 6.92 Å². The van der Waals surface area contributed by atoms with Gasteiger partial charge in [0, 0.05) is 26.1 Å². The van der Waals surface area contributed by atoms with E-state index in [-0.39, 0.29) is 6.17 Å². The van der Waals surface area contributed by atoms with Crippen LogP contribution in [0.25, 0.3) is 0 Å². The first-order valence-corrected chi connectivity index (χ1v) is 5.08. The molecule has 0 aromatic heterocycles. The summed E-state index contributed by atoms with van der Waals surface area (Å²) in [6, 6.07) is 0. The SMILES string of the molecule is CC1C(N)N(C)N2CCCN(C)C12. The maximum Gasteiger partial charge on any atom is 0.0812 e. The lowest BCUT2D eigenvalue weighted by Crippen LogP contribution is -2.53. The van der Waals surface area contributed by atoms with Crippen LogP contribution in [0.15, 0.2) is 0 Å². The van der Waals surface area contributed by atoms with Crippen LogP contribution in [0.2, 0.25) is 0 Å². The van der Waals surface area contributed by atoms with E-state index < -0.39 is 0 Å². The van der Waals surface area contributed by atoms with Crippen LogP contribution in [0, 0.1) is 5.92 Å². The van der Waals surface area contributed by atoms with Gasteiger partial charge in [0.15, 0.2) is 0 Å². The van der Waals surface area contributed by atoms with Crippen LogP contribution < -0.4 is 5.73 Å². The van der Waals surface area contributed by atoms with Gasteiger partial charge >= 0.3 is 0 Å². The van der Waals surface area contributed by atoms with E-state index in [1.807, 2.05) is 0 Å². The van der Waals surface area contributed by atoms with Crippen molar-refractivity contribution in [1.29, 1.82) is 0 Å². The Morgan fingerprint density at radius 2 is 1.92 bits per heavy atom. The summed E-state index contributed by atoms with van der Waals surface area (Å²) in [5.41, 5.74) is 6.10. The monoisotopic (exact) mass is 184 g/mol. The second-order valence-electron chi connectivity index (χ2n) is 4.33. The molecule has 0 radical (unpaired) electrons. The van der Waals surface area contributed by atoms with Gasteiger partial charge < -0.3 is 5.73 Å². The summed E-state index contributed by atoms with van der Waals surface area (Å²) < 4.78 is 0. The van der Waals surface area contributed by atoms with Crippen LogP contribution in [-0.2, 0) is 0 Å². The topological polar surface area (TPSA) is 35.7 Å². The summed E-state index contributed by atoms with van der Waals surface area (Å²) in [6.45, 7) is 4.60. The average Bonchev–Trinajstić information content (AvgIpc) is 2.33. The Labute approximate surface area is 80.2 Å². The maximum absolute atomic E-state index is 6.10. The van der Waals surface area contributed by atoms with E-state index in [1.54, 1.807) is 0 Å². The number of hydrogen-bond donors (Lipinski definition) is 1. The molecule has 0 aromatic rings. The van der Waals surface area contributed by atoms with Gasteiger partial charge in [0.05, 0.1) is 12.3 Å². The zero-order valence-corrected chi connectivity index (χ0v) is 8.77. The molecule has 76 valence electrons. The Morgan fingerprint density at radius 1 is 1.23 bits per heavy atom. The van der Waals surface area contributed by atoms with Crippen LogP contribution in [0.4, 0.5) is 0 Å². The lowest BCUT2D eigenvalue weighted by atomic mass is 10.0. The number of nitrogens with zero attached hydrogens (tertiary/aromatic N) is 3. The summed E-state index contributed by atoms with van der Waals surface area (Å²) in [4.78, 5) is 2.41. The molecular weight excluding hydrogens is 164 g/mol. The van der Waals surface area contributed by atoms with Crippen molar-refractivity contribution in [1.82, 2.24) is 14.9 Å². The third-order valence-corrected chi connectivity index (χ3v) is 3.50. The molecule has 3 unspecified atom stereocenters. The fourth-order valence-corrected chi connectivity index (χ4v) is 2.68. The molecule has 0 saturated carbocycles. The predicted octanol–water partition coefficient (Wildman–Crippen LogP) is -0.269. The van der Waals surface area contributed by atoms with Crippen molar-refractivity contribution in [2.45, 2.75) is 25.7 Å². The van der Waals surface area contributed by atoms with Crippen molar-refractivity contribution >= 4 is 0 Å². The van der Waals surface area contributed by atoms with Crippen molar-refractivity contribution in [3.63, 3.8) is 0 Å². The van der Waals surface area contributed by atoms with E-state index in [2.05, 4.69) is 35.9 Å². The lowest BCUT2D eigenvalue weighted by molar-refractivity contribution is -0.0739. The number of rotatable bonds is 0. The molecule has 13 heavy (non-hydrogen) atoms. The number of hydrogen-bond acceptors (Lipinski definition) is 4. The second kappa shape index (κ2) is 3.20. The van der Waals surface area contributed by atoms with Crippen LogP contribution >= 0.6 is 0 Å². The minimum absolute atomic E-state index is 0.186. The van der Waals surface area contributed by atoms with Gasteiger partial charge in [0.25, 0.3) is 0 Å². The Hall–Kier alpha value is -0.160. The molecule has 0 aliphatic carbocycles. The Morgan fingerprint density at radius 3 is 2.54 bits per heavy atom. The molecule has 2 saturated heterocycles. The summed E-state index contributed by atoms with van der Waals surface area (Å²) >= 11 is 0. The molecule has 2 aliphatic rings. The Kier molecular flexibility index (Phi) is 2.32. The second-order valence-corrected chi connectivity index (χ2v) is 4.33. The minimum Gasteiger partial charge on any atom is -0.314 e. The summed E-state index contributed by atoms with van der Waals surface area (Å²) in [6.07, 6.45) is 1.95. The quantitative estimate of drug-likeness (QED) is 0.562. The van der Waals surface area contributed by atoms with Gasteiger partial charge in [0.1, 0.15) is 0 Å². The highest BCUT2D eigenvalue weighted by atomic mass is 15.7. The molecule has 4 nitrogen and oxygen atoms in total. The van der Waals surface area contributed by atoms with E-state index in [1.165, 1.54) is 13.0 Å². The standard InChI is InChI=1S/C9H20N4/c1-7-8(10)12(3)13-6-4-5-11(2)9(7)13/h7-9H,4-6,10H2,1-3H3. The van der Waals surface area contributed by atoms with Gasteiger partial charge in [-0.3, -0.25) is 4.90 Å². The highest BCUT2D eigenvalue weighted by molar-refractivity contribution is 4.90. The molecule has 2 rings (SSSR count). The largest absolute Gasteiger partial charge is 0.314 e. The van der Waals surface area contributed by atoms with Crippen LogP contribution in [0.5, 0.6) is 0 Å². The predicted molar refractivity (Wildman–Crippen MR) is 52.6 cm³/mol. The summed E-state index contributed by atoms with van der Waals surface area (Å²) in [5.74, 6) is 0.537. The van der Waals surface area contributed by atoms with E-state index >= 15 is 0 Å². The number of hydrazine groups is 1. The van der Waals surface area contributed by atoms with E-state index in [0.29, 0.717) is 12.1 Å². The van der Waals surface area contributed by atoms with Crippen molar-refractivity contribution in [3.8, 4) is 0 Å². The molecule has 0 spiro atoms.